The number of aromatic nitrogens is 2. The molecule has 0 radical (unpaired) electrons. The first-order valence-electron chi connectivity index (χ1n) is 6.23. The number of hydrogen-bond acceptors (Lipinski definition) is 1. The van der Waals surface area contributed by atoms with Gasteiger partial charge in [-0.1, -0.05) is 17.7 Å². The maximum absolute atomic E-state index is 13.2. The molecule has 1 heterocycles. The molecule has 0 N–H and O–H groups in total. The van der Waals surface area contributed by atoms with Gasteiger partial charge in [-0.05, 0) is 58.5 Å². The number of fused-ring (bicyclic) bond motifs is 1. The van der Waals surface area contributed by atoms with E-state index in [0.29, 0.717) is 12.4 Å². The van der Waals surface area contributed by atoms with Gasteiger partial charge >= 0.3 is 0 Å². The minimum absolute atomic E-state index is 0.124. The van der Waals surface area contributed by atoms with Crippen LogP contribution in [0.2, 0.25) is 5.02 Å². The first kappa shape index (κ1) is 15.1. The molecule has 0 aliphatic rings. The van der Waals surface area contributed by atoms with Crippen molar-refractivity contribution in [1.29, 1.82) is 0 Å². The molecule has 0 saturated heterocycles. The van der Waals surface area contributed by atoms with Crippen LogP contribution in [0.5, 0.6) is 0 Å². The Bertz CT molecular complexity index is 817. The number of rotatable bonds is 3. The van der Waals surface area contributed by atoms with Gasteiger partial charge in [0.2, 0.25) is 0 Å². The van der Waals surface area contributed by atoms with Gasteiger partial charge in [0.15, 0.2) is 0 Å². The van der Waals surface area contributed by atoms with Crippen LogP contribution in [0.1, 0.15) is 11.4 Å². The van der Waals surface area contributed by atoms with Crippen LogP contribution in [-0.4, -0.2) is 9.55 Å². The molecule has 6 heteroatoms. The highest BCUT2D eigenvalue weighted by Crippen LogP contribution is 2.23. The largest absolute Gasteiger partial charge is 0.322 e. The fourth-order valence-corrected chi connectivity index (χ4v) is 3.13. The van der Waals surface area contributed by atoms with E-state index in [2.05, 4.69) is 27.6 Å². The van der Waals surface area contributed by atoms with Crippen LogP contribution in [0.25, 0.3) is 11.0 Å². The fraction of sp³-hybridized carbons (Fsp3) is 0.133. The number of nitrogens with zero attached hydrogens (tertiary/aromatic N) is 2. The third kappa shape index (κ3) is 3.03. The van der Waals surface area contributed by atoms with Crippen molar-refractivity contribution in [3.8, 4) is 0 Å². The summed E-state index contributed by atoms with van der Waals surface area (Å²) in [4.78, 5) is 4.55. The first-order chi connectivity index (χ1) is 10.1. The summed E-state index contributed by atoms with van der Waals surface area (Å²) < 4.78 is 16.4. The Morgan fingerprint density at radius 1 is 1.19 bits per heavy atom. The van der Waals surface area contributed by atoms with Gasteiger partial charge in [-0.2, -0.15) is 0 Å². The smallest absolute Gasteiger partial charge is 0.141 e. The molecule has 0 fully saturated rings. The molecule has 0 aliphatic heterocycles. The molecular formula is C15H10Cl2FIN2. The van der Waals surface area contributed by atoms with E-state index < -0.39 is 5.82 Å². The lowest BCUT2D eigenvalue weighted by atomic mass is 10.2. The van der Waals surface area contributed by atoms with E-state index in [4.69, 9.17) is 23.2 Å². The van der Waals surface area contributed by atoms with E-state index in [1.54, 1.807) is 12.1 Å². The van der Waals surface area contributed by atoms with Crippen molar-refractivity contribution in [2.24, 2.45) is 0 Å². The van der Waals surface area contributed by atoms with E-state index in [1.165, 1.54) is 6.07 Å². The SMILES string of the molecule is Fc1ccc(Cn2c(CCl)nc3cc(I)ccc32)cc1Cl. The summed E-state index contributed by atoms with van der Waals surface area (Å²) in [6.07, 6.45) is 0. The van der Waals surface area contributed by atoms with Crippen LogP contribution in [0.3, 0.4) is 0 Å². The molecule has 0 saturated carbocycles. The molecule has 0 spiro atoms. The molecule has 0 aliphatic carbocycles. The lowest BCUT2D eigenvalue weighted by Crippen LogP contribution is -2.04. The monoisotopic (exact) mass is 434 g/mol. The third-order valence-corrected chi connectivity index (χ3v) is 4.43. The second-order valence-corrected chi connectivity index (χ2v) is 6.55. The number of benzene rings is 2. The van der Waals surface area contributed by atoms with Crippen molar-refractivity contribution in [1.82, 2.24) is 9.55 Å². The number of imidazole rings is 1. The van der Waals surface area contributed by atoms with Crippen molar-refractivity contribution in [3.05, 3.63) is 62.2 Å². The zero-order chi connectivity index (χ0) is 15.0. The molecule has 1 aromatic heterocycles. The third-order valence-electron chi connectivity index (χ3n) is 3.23. The minimum atomic E-state index is -0.414. The van der Waals surface area contributed by atoms with Crippen molar-refractivity contribution in [2.75, 3.05) is 0 Å². The van der Waals surface area contributed by atoms with Crippen LogP contribution in [0, 0.1) is 9.39 Å². The van der Waals surface area contributed by atoms with E-state index in [0.717, 1.165) is 26.0 Å². The summed E-state index contributed by atoms with van der Waals surface area (Å²) >= 11 is 14.1. The van der Waals surface area contributed by atoms with Crippen LogP contribution in [0.4, 0.5) is 4.39 Å². The zero-order valence-electron chi connectivity index (χ0n) is 10.8. The standard InChI is InChI=1S/C15H10Cl2FIN2/c16-7-15-20-13-6-10(19)2-4-14(13)21(15)8-9-1-3-12(18)11(17)5-9/h1-6H,7-8H2. The van der Waals surface area contributed by atoms with Gasteiger partial charge in [-0.15, -0.1) is 11.6 Å². The van der Waals surface area contributed by atoms with Gasteiger partial charge in [0.1, 0.15) is 11.6 Å². The van der Waals surface area contributed by atoms with E-state index in [9.17, 15) is 4.39 Å². The summed E-state index contributed by atoms with van der Waals surface area (Å²) in [5, 5.41) is 0.124. The maximum atomic E-state index is 13.2. The molecule has 2 nitrogen and oxygen atoms in total. The Hall–Kier alpha value is -0.850. The van der Waals surface area contributed by atoms with Gasteiger partial charge in [0.25, 0.3) is 0 Å². The van der Waals surface area contributed by atoms with Gasteiger partial charge < -0.3 is 4.57 Å². The summed E-state index contributed by atoms with van der Waals surface area (Å²) in [7, 11) is 0. The zero-order valence-corrected chi connectivity index (χ0v) is 14.5. The quantitative estimate of drug-likeness (QED) is 0.408. The van der Waals surface area contributed by atoms with Gasteiger partial charge in [0.05, 0.1) is 21.9 Å². The lowest BCUT2D eigenvalue weighted by molar-refractivity contribution is 0.626. The number of hydrogen-bond donors (Lipinski definition) is 0. The van der Waals surface area contributed by atoms with Crippen molar-refractivity contribution < 1.29 is 4.39 Å². The highest BCUT2D eigenvalue weighted by atomic mass is 127. The molecule has 21 heavy (non-hydrogen) atoms. The molecular weight excluding hydrogens is 425 g/mol. The van der Waals surface area contributed by atoms with Crippen LogP contribution >= 0.6 is 45.8 Å². The molecule has 108 valence electrons. The molecule has 0 bridgehead atoms. The average molecular weight is 435 g/mol. The average Bonchev–Trinajstić information content (AvgIpc) is 2.80. The van der Waals surface area contributed by atoms with Crippen molar-refractivity contribution in [3.63, 3.8) is 0 Å². The second-order valence-electron chi connectivity index (χ2n) is 4.63. The predicted molar refractivity (Wildman–Crippen MR) is 92.5 cm³/mol. The Labute approximate surface area is 145 Å². The van der Waals surface area contributed by atoms with Crippen molar-refractivity contribution in [2.45, 2.75) is 12.4 Å². The number of halogens is 4. The second kappa shape index (κ2) is 6.10. The van der Waals surface area contributed by atoms with Crippen molar-refractivity contribution >= 4 is 56.8 Å². The van der Waals surface area contributed by atoms with Crippen LogP contribution < -0.4 is 0 Å². The summed E-state index contributed by atoms with van der Waals surface area (Å²) in [5.74, 6) is 0.692. The normalized spacial score (nSPS) is 11.2. The van der Waals surface area contributed by atoms with Crippen LogP contribution in [-0.2, 0) is 12.4 Å². The Kier molecular flexibility index (Phi) is 4.38. The van der Waals surface area contributed by atoms with E-state index in [1.807, 2.05) is 22.8 Å². The lowest BCUT2D eigenvalue weighted by Gasteiger charge is -2.08. The van der Waals surface area contributed by atoms with E-state index in [-0.39, 0.29) is 5.02 Å². The van der Waals surface area contributed by atoms with Gasteiger partial charge in [0, 0.05) is 10.1 Å². The van der Waals surface area contributed by atoms with Crippen LogP contribution in [0.15, 0.2) is 36.4 Å². The summed E-state index contributed by atoms with van der Waals surface area (Å²) in [6, 6.07) is 10.8. The highest BCUT2D eigenvalue weighted by Gasteiger charge is 2.11. The predicted octanol–water partition coefficient (Wildman–Crippen LogP) is 5.22. The molecule has 2 aromatic carbocycles. The fourth-order valence-electron chi connectivity index (χ4n) is 2.25. The molecule has 3 rings (SSSR count). The molecule has 0 atom stereocenters. The minimum Gasteiger partial charge on any atom is -0.322 e. The number of alkyl halides is 1. The van der Waals surface area contributed by atoms with E-state index >= 15 is 0 Å². The Morgan fingerprint density at radius 2 is 2.00 bits per heavy atom. The molecule has 0 unspecified atom stereocenters. The summed E-state index contributed by atoms with van der Waals surface area (Å²) in [6.45, 7) is 0.555. The van der Waals surface area contributed by atoms with Gasteiger partial charge in [-0.3, -0.25) is 0 Å². The summed E-state index contributed by atoms with van der Waals surface area (Å²) in [5.41, 5.74) is 2.82. The topological polar surface area (TPSA) is 17.8 Å². The molecule has 3 aromatic rings. The maximum Gasteiger partial charge on any atom is 0.141 e. The first-order valence-corrected chi connectivity index (χ1v) is 8.22. The van der Waals surface area contributed by atoms with Gasteiger partial charge in [-0.25, -0.2) is 9.37 Å². The Morgan fingerprint density at radius 3 is 2.71 bits per heavy atom. The highest BCUT2D eigenvalue weighted by molar-refractivity contribution is 14.1. The Balaban J connectivity index is 2.08. The molecule has 0 amide bonds.